The molecular formula is C17H19NO3. The van der Waals surface area contributed by atoms with Gasteiger partial charge < -0.3 is 15.2 Å². The number of nitrogens with two attached hydrogens (primary N) is 1. The summed E-state index contributed by atoms with van der Waals surface area (Å²) >= 11 is 0. The third-order valence-electron chi connectivity index (χ3n) is 2.91. The van der Waals surface area contributed by atoms with Crippen LogP contribution in [0.3, 0.4) is 0 Å². The molecule has 0 bridgehead atoms. The number of carbonyl (C=O) groups is 1. The maximum Gasteiger partial charge on any atom is 0.338 e. The van der Waals surface area contributed by atoms with Crippen molar-refractivity contribution in [3.05, 3.63) is 59.7 Å². The number of hydrogen-bond donors (Lipinski definition) is 1. The van der Waals surface area contributed by atoms with Gasteiger partial charge in [-0.25, -0.2) is 4.79 Å². The monoisotopic (exact) mass is 285 g/mol. The van der Waals surface area contributed by atoms with E-state index >= 15 is 0 Å². The molecule has 0 aliphatic rings. The molecule has 2 aromatic carbocycles. The van der Waals surface area contributed by atoms with Gasteiger partial charge in [0.2, 0.25) is 0 Å². The number of ether oxygens (including phenoxy) is 2. The molecule has 0 atom stereocenters. The lowest BCUT2D eigenvalue weighted by atomic mass is 10.1. The van der Waals surface area contributed by atoms with Crippen molar-refractivity contribution in [1.82, 2.24) is 0 Å². The van der Waals surface area contributed by atoms with Crippen LogP contribution in [0.15, 0.2) is 48.5 Å². The molecule has 0 amide bonds. The average molecular weight is 285 g/mol. The molecule has 21 heavy (non-hydrogen) atoms. The lowest BCUT2D eigenvalue weighted by Gasteiger charge is -2.07. The highest BCUT2D eigenvalue weighted by Crippen LogP contribution is 2.15. The predicted molar refractivity (Wildman–Crippen MR) is 82.2 cm³/mol. The predicted octanol–water partition coefficient (Wildman–Crippen LogP) is 3.41. The first kappa shape index (κ1) is 14.9. The molecule has 0 saturated carbocycles. The summed E-state index contributed by atoms with van der Waals surface area (Å²) in [5.41, 5.74) is 7.86. The SMILES string of the molecule is CCCOC(=O)c1ccc(COc2ccc(N)cc2)cc1. The summed E-state index contributed by atoms with van der Waals surface area (Å²) in [6.07, 6.45) is 0.819. The van der Waals surface area contributed by atoms with Crippen molar-refractivity contribution >= 4 is 11.7 Å². The summed E-state index contributed by atoms with van der Waals surface area (Å²) in [5.74, 6) is 0.471. The maximum absolute atomic E-state index is 11.7. The van der Waals surface area contributed by atoms with E-state index in [1.54, 1.807) is 24.3 Å². The van der Waals surface area contributed by atoms with E-state index in [-0.39, 0.29) is 5.97 Å². The highest BCUT2D eigenvalue weighted by Gasteiger charge is 2.06. The van der Waals surface area contributed by atoms with E-state index in [2.05, 4.69) is 0 Å². The molecule has 4 heteroatoms. The van der Waals surface area contributed by atoms with Gasteiger partial charge in [0.1, 0.15) is 12.4 Å². The van der Waals surface area contributed by atoms with Crippen molar-refractivity contribution in [2.75, 3.05) is 12.3 Å². The lowest BCUT2D eigenvalue weighted by molar-refractivity contribution is 0.0505. The van der Waals surface area contributed by atoms with E-state index in [0.29, 0.717) is 24.5 Å². The number of carbonyl (C=O) groups excluding carboxylic acids is 1. The second kappa shape index (κ2) is 7.33. The van der Waals surface area contributed by atoms with Gasteiger partial charge in [0, 0.05) is 5.69 Å². The fourth-order valence-electron chi connectivity index (χ4n) is 1.75. The van der Waals surface area contributed by atoms with Gasteiger partial charge in [0.25, 0.3) is 0 Å². The molecule has 0 fully saturated rings. The Bertz CT molecular complexity index is 576. The van der Waals surface area contributed by atoms with Crippen LogP contribution in [-0.4, -0.2) is 12.6 Å². The van der Waals surface area contributed by atoms with Gasteiger partial charge in [-0.05, 0) is 48.4 Å². The largest absolute Gasteiger partial charge is 0.489 e. The number of esters is 1. The molecule has 2 N–H and O–H groups in total. The Morgan fingerprint density at radius 2 is 1.71 bits per heavy atom. The third kappa shape index (κ3) is 4.53. The number of nitrogen functional groups attached to an aromatic ring is 1. The Labute approximate surface area is 124 Å². The quantitative estimate of drug-likeness (QED) is 0.652. The fourth-order valence-corrected chi connectivity index (χ4v) is 1.75. The summed E-state index contributed by atoms with van der Waals surface area (Å²) < 4.78 is 10.7. The molecule has 2 rings (SSSR count). The summed E-state index contributed by atoms with van der Waals surface area (Å²) in [4.78, 5) is 11.7. The molecule has 0 spiro atoms. The zero-order valence-electron chi connectivity index (χ0n) is 12.0. The van der Waals surface area contributed by atoms with Gasteiger partial charge in [0.05, 0.1) is 12.2 Å². The summed E-state index contributed by atoms with van der Waals surface area (Å²) in [7, 11) is 0. The van der Waals surface area contributed by atoms with Crippen LogP contribution >= 0.6 is 0 Å². The van der Waals surface area contributed by atoms with Gasteiger partial charge in [-0.2, -0.15) is 0 Å². The minimum Gasteiger partial charge on any atom is -0.489 e. The fraction of sp³-hybridized carbons (Fsp3) is 0.235. The van der Waals surface area contributed by atoms with Crippen molar-refractivity contribution in [2.45, 2.75) is 20.0 Å². The molecule has 4 nitrogen and oxygen atoms in total. The van der Waals surface area contributed by atoms with E-state index in [1.165, 1.54) is 0 Å². The standard InChI is InChI=1S/C17H19NO3/c1-2-11-20-17(19)14-5-3-13(4-6-14)12-21-16-9-7-15(18)8-10-16/h3-10H,2,11-12,18H2,1H3. The molecular weight excluding hydrogens is 266 g/mol. The minimum atomic E-state index is -0.289. The van der Waals surface area contributed by atoms with E-state index in [1.807, 2.05) is 31.2 Å². The first-order valence-electron chi connectivity index (χ1n) is 6.93. The molecule has 0 heterocycles. The second-order valence-corrected chi connectivity index (χ2v) is 4.69. The van der Waals surface area contributed by atoms with Crippen LogP contribution in [0.5, 0.6) is 5.75 Å². The molecule has 0 aliphatic heterocycles. The molecule has 0 unspecified atom stereocenters. The Hall–Kier alpha value is -2.49. The smallest absolute Gasteiger partial charge is 0.338 e. The molecule has 110 valence electrons. The first-order valence-corrected chi connectivity index (χ1v) is 6.93. The van der Waals surface area contributed by atoms with Crippen LogP contribution in [-0.2, 0) is 11.3 Å². The Morgan fingerprint density at radius 1 is 1.05 bits per heavy atom. The van der Waals surface area contributed by atoms with Crippen molar-refractivity contribution in [2.24, 2.45) is 0 Å². The normalized spacial score (nSPS) is 10.1. The van der Waals surface area contributed by atoms with Crippen molar-refractivity contribution in [3.63, 3.8) is 0 Å². The summed E-state index contributed by atoms with van der Waals surface area (Å²) in [5, 5.41) is 0. The van der Waals surface area contributed by atoms with Crippen molar-refractivity contribution in [1.29, 1.82) is 0 Å². The Balaban J connectivity index is 1.90. The minimum absolute atomic E-state index is 0.289. The Morgan fingerprint density at radius 3 is 2.33 bits per heavy atom. The van der Waals surface area contributed by atoms with E-state index < -0.39 is 0 Å². The van der Waals surface area contributed by atoms with Crippen molar-refractivity contribution in [3.8, 4) is 5.75 Å². The van der Waals surface area contributed by atoms with E-state index in [0.717, 1.165) is 17.7 Å². The second-order valence-electron chi connectivity index (χ2n) is 4.69. The number of anilines is 1. The summed E-state index contributed by atoms with van der Waals surface area (Å²) in [6.45, 7) is 2.85. The molecule has 0 aromatic heterocycles. The van der Waals surface area contributed by atoms with Gasteiger partial charge in [-0.1, -0.05) is 19.1 Å². The van der Waals surface area contributed by atoms with Crippen LogP contribution in [0.2, 0.25) is 0 Å². The first-order chi connectivity index (χ1) is 10.2. The van der Waals surface area contributed by atoms with E-state index in [9.17, 15) is 4.79 Å². The third-order valence-corrected chi connectivity index (χ3v) is 2.91. The van der Waals surface area contributed by atoms with Crippen LogP contribution < -0.4 is 10.5 Å². The van der Waals surface area contributed by atoms with Crippen LogP contribution in [0.1, 0.15) is 29.3 Å². The highest BCUT2D eigenvalue weighted by molar-refractivity contribution is 5.89. The zero-order chi connectivity index (χ0) is 15.1. The molecule has 2 aromatic rings. The number of benzene rings is 2. The van der Waals surface area contributed by atoms with E-state index in [4.69, 9.17) is 15.2 Å². The Kier molecular flexibility index (Phi) is 5.21. The number of hydrogen-bond acceptors (Lipinski definition) is 4. The molecule has 0 radical (unpaired) electrons. The number of rotatable bonds is 6. The van der Waals surface area contributed by atoms with Gasteiger partial charge in [0.15, 0.2) is 0 Å². The average Bonchev–Trinajstić information content (AvgIpc) is 2.52. The van der Waals surface area contributed by atoms with Crippen molar-refractivity contribution < 1.29 is 14.3 Å². The van der Waals surface area contributed by atoms with Crippen LogP contribution in [0.4, 0.5) is 5.69 Å². The molecule has 0 saturated heterocycles. The van der Waals surface area contributed by atoms with Gasteiger partial charge in [-0.3, -0.25) is 0 Å². The lowest BCUT2D eigenvalue weighted by Crippen LogP contribution is -2.06. The van der Waals surface area contributed by atoms with Gasteiger partial charge in [-0.15, -0.1) is 0 Å². The van der Waals surface area contributed by atoms with Crippen LogP contribution in [0, 0.1) is 0 Å². The highest BCUT2D eigenvalue weighted by atomic mass is 16.5. The molecule has 0 aliphatic carbocycles. The van der Waals surface area contributed by atoms with Crippen LogP contribution in [0.25, 0.3) is 0 Å². The topological polar surface area (TPSA) is 61.5 Å². The summed E-state index contributed by atoms with van der Waals surface area (Å²) in [6, 6.07) is 14.5. The maximum atomic E-state index is 11.7. The van der Waals surface area contributed by atoms with Gasteiger partial charge >= 0.3 is 5.97 Å². The zero-order valence-corrected chi connectivity index (χ0v) is 12.0.